The van der Waals surface area contributed by atoms with Crippen LogP contribution in [0.2, 0.25) is 0 Å². The van der Waals surface area contributed by atoms with Crippen molar-refractivity contribution in [3.05, 3.63) is 52.2 Å². The minimum Gasteiger partial charge on any atom is -0.507 e. The van der Waals surface area contributed by atoms with Crippen LogP contribution in [0.5, 0.6) is 17.2 Å². The Morgan fingerprint density at radius 3 is 2.41 bits per heavy atom. The van der Waals surface area contributed by atoms with Crippen LogP contribution in [0.4, 0.5) is 0 Å². The summed E-state index contributed by atoms with van der Waals surface area (Å²) in [5.74, 6) is -0.213. The van der Waals surface area contributed by atoms with Gasteiger partial charge in [0.25, 0.3) is 0 Å². The fourth-order valence-corrected chi connectivity index (χ4v) is 2.41. The highest BCUT2D eigenvalue weighted by Gasteiger charge is 2.21. The molecule has 0 atom stereocenters. The average molecular weight is 298 g/mol. The fourth-order valence-electron chi connectivity index (χ4n) is 2.41. The number of ether oxygens (including phenoxy) is 1. The summed E-state index contributed by atoms with van der Waals surface area (Å²) in [7, 11) is 1.37. The number of phenols is 2. The number of fused-ring (bicyclic) bond motifs is 1. The third-order valence-corrected chi connectivity index (χ3v) is 3.57. The van der Waals surface area contributed by atoms with E-state index >= 15 is 0 Å². The zero-order valence-electron chi connectivity index (χ0n) is 12.1. The fraction of sp³-hybridized carbons (Fsp3) is 0.118. The van der Waals surface area contributed by atoms with E-state index in [0.717, 1.165) is 6.07 Å². The lowest BCUT2D eigenvalue weighted by molar-refractivity contribution is 0.396. The molecule has 0 aliphatic carbocycles. The van der Waals surface area contributed by atoms with E-state index in [0.29, 0.717) is 11.1 Å². The third kappa shape index (κ3) is 1.98. The predicted octanol–water partition coefficient (Wildman–Crippen LogP) is 3.19. The van der Waals surface area contributed by atoms with Crippen LogP contribution in [0.25, 0.3) is 22.3 Å². The molecule has 3 rings (SSSR count). The summed E-state index contributed by atoms with van der Waals surface area (Å²) in [5.41, 5.74) is 0.704. The van der Waals surface area contributed by atoms with Crippen molar-refractivity contribution in [3.8, 4) is 28.6 Å². The predicted molar refractivity (Wildman–Crippen MR) is 82.5 cm³/mol. The van der Waals surface area contributed by atoms with Gasteiger partial charge in [-0.1, -0.05) is 30.3 Å². The normalized spacial score (nSPS) is 10.8. The molecule has 0 saturated heterocycles. The number of aromatic hydroxyl groups is 2. The Bertz CT molecular complexity index is 910. The Morgan fingerprint density at radius 2 is 1.77 bits per heavy atom. The maximum absolute atomic E-state index is 12.6. The molecule has 0 unspecified atom stereocenters. The van der Waals surface area contributed by atoms with Gasteiger partial charge >= 0.3 is 0 Å². The van der Waals surface area contributed by atoms with Crippen molar-refractivity contribution in [3.63, 3.8) is 0 Å². The number of benzene rings is 2. The van der Waals surface area contributed by atoms with Crippen LogP contribution in [0, 0.1) is 6.92 Å². The van der Waals surface area contributed by atoms with E-state index in [9.17, 15) is 15.0 Å². The number of aryl methyl sites for hydroxylation is 1. The van der Waals surface area contributed by atoms with Crippen LogP contribution in [-0.4, -0.2) is 17.3 Å². The molecule has 0 spiro atoms. The van der Waals surface area contributed by atoms with E-state index in [1.807, 2.05) is 18.2 Å². The number of rotatable bonds is 2. The molecule has 0 radical (unpaired) electrons. The van der Waals surface area contributed by atoms with Gasteiger partial charge in [-0.15, -0.1) is 0 Å². The summed E-state index contributed by atoms with van der Waals surface area (Å²) < 4.78 is 11.0. The van der Waals surface area contributed by atoms with Crippen LogP contribution in [0.15, 0.2) is 45.6 Å². The SMILES string of the molecule is COc1c(-c2ccccc2)oc2c(C)c(O)cc(O)c2c1=O. The summed E-state index contributed by atoms with van der Waals surface area (Å²) in [4.78, 5) is 12.6. The van der Waals surface area contributed by atoms with Crippen LogP contribution >= 0.6 is 0 Å². The average Bonchev–Trinajstić information content (AvgIpc) is 2.52. The Balaban J connectivity index is 2.50. The van der Waals surface area contributed by atoms with E-state index < -0.39 is 5.43 Å². The minimum absolute atomic E-state index is 0.00756. The largest absolute Gasteiger partial charge is 0.507 e. The molecule has 3 aromatic rings. The quantitative estimate of drug-likeness (QED) is 0.759. The molecule has 0 aliphatic rings. The minimum atomic E-state index is -0.483. The van der Waals surface area contributed by atoms with E-state index in [1.54, 1.807) is 19.1 Å². The Labute approximate surface area is 126 Å². The van der Waals surface area contributed by atoms with Gasteiger partial charge in [0.05, 0.1) is 7.11 Å². The van der Waals surface area contributed by atoms with Gasteiger partial charge in [-0.25, -0.2) is 0 Å². The van der Waals surface area contributed by atoms with Crippen LogP contribution in [0.1, 0.15) is 5.56 Å². The van der Waals surface area contributed by atoms with Gasteiger partial charge in [0.1, 0.15) is 22.5 Å². The first-order valence-electron chi connectivity index (χ1n) is 6.66. The smallest absolute Gasteiger partial charge is 0.239 e. The third-order valence-electron chi connectivity index (χ3n) is 3.57. The van der Waals surface area contributed by atoms with Gasteiger partial charge in [0, 0.05) is 17.2 Å². The Kier molecular flexibility index (Phi) is 3.25. The highest BCUT2D eigenvalue weighted by Crippen LogP contribution is 2.37. The van der Waals surface area contributed by atoms with Gasteiger partial charge in [0.15, 0.2) is 5.76 Å². The standard InChI is InChI=1S/C17H14O5/c1-9-11(18)8-12(19)13-14(20)17(21-2)16(22-15(9)13)10-6-4-3-5-7-10/h3-8,18-19H,1-2H3. The monoisotopic (exact) mass is 298 g/mol. The molecule has 5 heteroatoms. The van der Waals surface area contributed by atoms with Crippen molar-refractivity contribution >= 4 is 11.0 Å². The second kappa shape index (κ2) is 5.11. The number of hydrogen-bond donors (Lipinski definition) is 2. The summed E-state index contributed by atoms with van der Waals surface area (Å²) >= 11 is 0. The van der Waals surface area contributed by atoms with Crippen LogP contribution in [-0.2, 0) is 0 Å². The molecule has 1 heterocycles. The molecule has 112 valence electrons. The molecule has 2 N–H and O–H groups in total. The second-order valence-corrected chi connectivity index (χ2v) is 4.90. The molecule has 22 heavy (non-hydrogen) atoms. The summed E-state index contributed by atoms with van der Waals surface area (Å²) in [6.07, 6.45) is 0. The first-order valence-corrected chi connectivity index (χ1v) is 6.66. The van der Waals surface area contributed by atoms with Crippen molar-refractivity contribution in [2.24, 2.45) is 0 Å². The van der Waals surface area contributed by atoms with Crippen molar-refractivity contribution in [1.82, 2.24) is 0 Å². The van der Waals surface area contributed by atoms with E-state index in [2.05, 4.69) is 0 Å². The molecule has 0 saturated carbocycles. The van der Waals surface area contributed by atoms with Crippen LogP contribution < -0.4 is 10.2 Å². The van der Waals surface area contributed by atoms with Gasteiger partial charge in [-0.3, -0.25) is 4.79 Å². The summed E-state index contributed by atoms with van der Waals surface area (Å²) in [6, 6.07) is 10.2. The summed E-state index contributed by atoms with van der Waals surface area (Å²) in [6.45, 7) is 1.61. The highest BCUT2D eigenvalue weighted by molar-refractivity contribution is 5.90. The lowest BCUT2D eigenvalue weighted by Gasteiger charge is -2.11. The van der Waals surface area contributed by atoms with Crippen molar-refractivity contribution in [2.45, 2.75) is 6.92 Å². The van der Waals surface area contributed by atoms with E-state index in [1.165, 1.54) is 7.11 Å². The maximum Gasteiger partial charge on any atom is 0.239 e. The molecule has 0 aliphatic heterocycles. The number of hydrogen-bond acceptors (Lipinski definition) is 5. The lowest BCUT2D eigenvalue weighted by Crippen LogP contribution is -2.08. The molecule has 5 nitrogen and oxygen atoms in total. The van der Waals surface area contributed by atoms with Crippen LogP contribution in [0.3, 0.4) is 0 Å². The van der Waals surface area contributed by atoms with Crippen molar-refractivity contribution in [1.29, 1.82) is 0 Å². The van der Waals surface area contributed by atoms with Gasteiger partial charge < -0.3 is 19.4 Å². The first-order chi connectivity index (χ1) is 10.5. The number of methoxy groups -OCH3 is 1. The molecule has 0 fully saturated rings. The van der Waals surface area contributed by atoms with Crippen molar-refractivity contribution < 1.29 is 19.4 Å². The Hall–Kier alpha value is -2.95. The van der Waals surface area contributed by atoms with Crippen molar-refractivity contribution in [2.75, 3.05) is 7.11 Å². The zero-order chi connectivity index (χ0) is 15.9. The molecular weight excluding hydrogens is 284 g/mol. The molecule has 1 aromatic heterocycles. The topological polar surface area (TPSA) is 79.9 Å². The van der Waals surface area contributed by atoms with Gasteiger partial charge in [0.2, 0.25) is 11.2 Å². The summed E-state index contributed by atoms with van der Waals surface area (Å²) in [5, 5.41) is 19.8. The molecule has 0 bridgehead atoms. The highest BCUT2D eigenvalue weighted by atomic mass is 16.5. The van der Waals surface area contributed by atoms with E-state index in [-0.39, 0.29) is 34.0 Å². The molecule has 2 aromatic carbocycles. The Morgan fingerprint density at radius 1 is 1.09 bits per heavy atom. The molecular formula is C17H14O5. The number of phenolic OH excluding ortho intramolecular Hbond substituents is 2. The lowest BCUT2D eigenvalue weighted by atomic mass is 10.1. The first kappa shape index (κ1) is 14.0. The zero-order valence-corrected chi connectivity index (χ0v) is 12.1. The molecule has 0 amide bonds. The second-order valence-electron chi connectivity index (χ2n) is 4.90. The van der Waals surface area contributed by atoms with Gasteiger partial charge in [-0.2, -0.15) is 0 Å². The maximum atomic E-state index is 12.6. The van der Waals surface area contributed by atoms with Gasteiger partial charge in [-0.05, 0) is 6.92 Å². The van der Waals surface area contributed by atoms with E-state index in [4.69, 9.17) is 9.15 Å².